The summed E-state index contributed by atoms with van der Waals surface area (Å²) in [7, 11) is 0. The van der Waals surface area contributed by atoms with Crippen LogP contribution >= 0.6 is 0 Å². The first-order chi connectivity index (χ1) is 9.49. The third kappa shape index (κ3) is 4.51. The number of carbonyl (C=O) groups excluding carboxylic acids is 1. The summed E-state index contributed by atoms with van der Waals surface area (Å²) < 4.78 is 0. The van der Waals surface area contributed by atoms with Crippen LogP contribution in [-0.4, -0.2) is 16.9 Å². The molecular weight excluding hydrogens is 252 g/mol. The Hall–Kier alpha value is -1.58. The summed E-state index contributed by atoms with van der Waals surface area (Å²) in [6, 6.07) is 1.81. The van der Waals surface area contributed by atoms with Crippen molar-refractivity contribution >= 4 is 5.91 Å². The summed E-state index contributed by atoms with van der Waals surface area (Å²) in [5.74, 6) is -0.273. The van der Waals surface area contributed by atoms with E-state index in [1.807, 2.05) is 20.8 Å². The summed E-state index contributed by atoms with van der Waals surface area (Å²) >= 11 is 0. The van der Waals surface area contributed by atoms with Crippen molar-refractivity contribution < 1.29 is 4.79 Å². The van der Waals surface area contributed by atoms with Gasteiger partial charge >= 0.3 is 0 Å². The van der Waals surface area contributed by atoms with Gasteiger partial charge in [-0.2, -0.15) is 0 Å². The predicted molar refractivity (Wildman–Crippen MR) is 82.2 cm³/mol. The number of carbonyl (C=O) groups is 1. The lowest BCUT2D eigenvalue weighted by atomic mass is 10.1. The first kappa shape index (κ1) is 16.5. The molecule has 0 aliphatic carbocycles. The molecule has 0 aromatic carbocycles. The van der Waals surface area contributed by atoms with Crippen LogP contribution in [0, 0.1) is 6.92 Å². The fourth-order valence-electron chi connectivity index (χ4n) is 2.28. The molecule has 0 saturated carbocycles. The van der Waals surface area contributed by atoms with Gasteiger partial charge in [-0.15, -0.1) is 0 Å². The van der Waals surface area contributed by atoms with Gasteiger partial charge in [0.15, 0.2) is 0 Å². The van der Waals surface area contributed by atoms with Crippen molar-refractivity contribution in [2.75, 3.05) is 0 Å². The average Bonchev–Trinajstić information content (AvgIpc) is 2.39. The van der Waals surface area contributed by atoms with Gasteiger partial charge in [-0.3, -0.25) is 9.59 Å². The van der Waals surface area contributed by atoms with Crippen molar-refractivity contribution in [1.29, 1.82) is 0 Å². The Balaban J connectivity index is 2.75. The molecule has 1 atom stereocenters. The summed E-state index contributed by atoms with van der Waals surface area (Å²) in [5.41, 5.74) is 1.76. The molecule has 2 N–H and O–H groups in total. The van der Waals surface area contributed by atoms with Crippen LogP contribution in [0.2, 0.25) is 0 Å². The molecule has 0 unspecified atom stereocenters. The number of hydrogen-bond donors (Lipinski definition) is 2. The van der Waals surface area contributed by atoms with Gasteiger partial charge in [-0.25, -0.2) is 0 Å². The molecule has 4 heteroatoms. The number of aromatic nitrogens is 1. The summed E-state index contributed by atoms with van der Waals surface area (Å²) in [4.78, 5) is 26.8. The number of rotatable bonds is 7. The molecule has 0 aliphatic rings. The third-order valence-corrected chi connectivity index (χ3v) is 3.59. The van der Waals surface area contributed by atoms with E-state index in [2.05, 4.69) is 17.2 Å². The fraction of sp³-hybridized carbons (Fsp3) is 0.625. The van der Waals surface area contributed by atoms with Gasteiger partial charge in [0.25, 0.3) is 11.5 Å². The number of pyridine rings is 1. The Morgan fingerprint density at radius 1 is 1.35 bits per heavy atom. The number of H-pyrrole nitrogens is 1. The third-order valence-electron chi connectivity index (χ3n) is 3.59. The standard InChI is InChI=1S/C16H26N2O2/c1-5-7-8-9-11(3)17-15(19)14-10-13(6-2)12(4)18-16(14)20/h10-11H,5-9H2,1-4H3,(H,17,19)(H,18,20)/t11-/m0/s1. The van der Waals surface area contributed by atoms with Crippen molar-refractivity contribution in [2.45, 2.75) is 65.8 Å². The van der Waals surface area contributed by atoms with Gasteiger partial charge in [0.2, 0.25) is 0 Å². The number of aryl methyl sites for hydroxylation is 2. The summed E-state index contributed by atoms with van der Waals surface area (Å²) in [6.07, 6.45) is 5.19. The number of amides is 1. The zero-order valence-corrected chi connectivity index (χ0v) is 13.0. The maximum atomic E-state index is 12.2. The van der Waals surface area contributed by atoms with Crippen LogP contribution in [-0.2, 0) is 6.42 Å². The number of unbranched alkanes of at least 4 members (excludes halogenated alkanes) is 2. The van der Waals surface area contributed by atoms with Crippen molar-refractivity contribution in [1.82, 2.24) is 10.3 Å². The van der Waals surface area contributed by atoms with Gasteiger partial charge in [-0.1, -0.05) is 33.1 Å². The van der Waals surface area contributed by atoms with Gasteiger partial charge < -0.3 is 10.3 Å². The SMILES string of the molecule is CCCCC[C@H](C)NC(=O)c1cc(CC)c(C)[nH]c1=O. The fourth-order valence-corrected chi connectivity index (χ4v) is 2.28. The van der Waals surface area contributed by atoms with Crippen LogP contribution in [0.5, 0.6) is 0 Å². The highest BCUT2D eigenvalue weighted by Gasteiger charge is 2.14. The molecule has 0 saturated heterocycles. The van der Waals surface area contributed by atoms with Crippen molar-refractivity contribution in [3.8, 4) is 0 Å². The van der Waals surface area contributed by atoms with Gasteiger partial charge in [0.1, 0.15) is 5.56 Å². The second-order valence-electron chi connectivity index (χ2n) is 5.39. The molecule has 1 rings (SSSR count). The molecule has 1 aromatic rings. The van der Waals surface area contributed by atoms with E-state index >= 15 is 0 Å². The minimum absolute atomic E-state index is 0.0971. The highest BCUT2D eigenvalue weighted by atomic mass is 16.2. The highest BCUT2D eigenvalue weighted by molar-refractivity contribution is 5.94. The van der Waals surface area contributed by atoms with Crippen LogP contribution in [0.25, 0.3) is 0 Å². The molecule has 0 radical (unpaired) electrons. The Morgan fingerprint density at radius 2 is 2.05 bits per heavy atom. The van der Waals surface area contributed by atoms with Crippen molar-refractivity contribution in [3.63, 3.8) is 0 Å². The largest absolute Gasteiger partial charge is 0.349 e. The minimum atomic E-state index is -0.307. The maximum absolute atomic E-state index is 12.2. The average molecular weight is 278 g/mol. The number of aromatic amines is 1. The van der Waals surface area contributed by atoms with E-state index in [1.165, 1.54) is 6.42 Å². The zero-order valence-electron chi connectivity index (χ0n) is 13.0. The lowest BCUT2D eigenvalue weighted by molar-refractivity contribution is 0.0936. The van der Waals surface area contributed by atoms with Crippen molar-refractivity contribution in [2.24, 2.45) is 0 Å². The van der Waals surface area contributed by atoms with E-state index in [1.54, 1.807) is 6.07 Å². The molecule has 1 amide bonds. The minimum Gasteiger partial charge on any atom is -0.349 e. The maximum Gasteiger partial charge on any atom is 0.261 e. The Bertz CT molecular complexity index is 506. The zero-order chi connectivity index (χ0) is 15.1. The molecule has 0 aliphatic heterocycles. The van der Waals surface area contributed by atoms with Crippen molar-refractivity contribution in [3.05, 3.63) is 33.2 Å². The summed E-state index contributed by atoms with van der Waals surface area (Å²) in [5, 5.41) is 2.91. The Morgan fingerprint density at radius 3 is 2.65 bits per heavy atom. The molecule has 112 valence electrons. The molecule has 4 nitrogen and oxygen atoms in total. The van der Waals surface area contributed by atoms with Gasteiger partial charge in [0, 0.05) is 11.7 Å². The molecule has 1 aromatic heterocycles. The van der Waals surface area contributed by atoms with Crippen LogP contribution in [0.15, 0.2) is 10.9 Å². The first-order valence-corrected chi connectivity index (χ1v) is 7.53. The van der Waals surface area contributed by atoms with E-state index in [-0.39, 0.29) is 23.1 Å². The Labute approximate surface area is 121 Å². The van der Waals surface area contributed by atoms with E-state index in [0.717, 1.165) is 36.9 Å². The molecule has 1 heterocycles. The van der Waals surface area contributed by atoms with Crippen LogP contribution in [0.3, 0.4) is 0 Å². The van der Waals surface area contributed by atoms with E-state index in [9.17, 15) is 9.59 Å². The molecule has 0 bridgehead atoms. The predicted octanol–water partition coefficient (Wildman–Crippen LogP) is 2.94. The summed E-state index contributed by atoms with van der Waals surface area (Å²) in [6.45, 7) is 8.00. The monoisotopic (exact) mass is 278 g/mol. The lowest BCUT2D eigenvalue weighted by Gasteiger charge is -2.14. The quantitative estimate of drug-likeness (QED) is 0.753. The lowest BCUT2D eigenvalue weighted by Crippen LogP contribution is -2.36. The highest BCUT2D eigenvalue weighted by Crippen LogP contribution is 2.07. The van der Waals surface area contributed by atoms with Crippen LogP contribution < -0.4 is 10.9 Å². The second-order valence-corrected chi connectivity index (χ2v) is 5.39. The van der Waals surface area contributed by atoms with Crippen LogP contribution in [0.4, 0.5) is 0 Å². The number of hydrogen-bond acceptors (Lipinski definition) is 2. The van der Waals surface area contributed by atoms with Gasteiger partial charge in [-0.05, 0) is 38.3 Å². The molecule has 0 spiro atoms. The van der Waals surface area contributed by atoms with Crippen LogP contribution in [0.1, 0.15) is 68.1 Å². The molecule has 0 fully saturated rings. The normalized spacial score (nSPS) is 12.2. The van der Waals surface area contributed by atoms with Gasteiger partial charge in [0.05, 0.1) is 0 Å². The first-order valence-electron chi connectivity index (χ1n) is 7.53. The second kappa shape index (κ2) is 7.88. The Kier molecular flexibility index (Phi) is 6.49. The topological polar surface area (TPSA) is 62.0 Å². The smallest absolute Gasteiger partial charge is 0.261 e. The van der Waals surface area contributed by atoms with E-state index in [0.29, 0.717) is 0 Å². The number of nitrogens with one attached hydrogen (secondary N) is 2. The van der Waals surface area contributed by atoms with E-state index in [4.69, 9.17) is 0 Å². The van der Waals surface area contributed by atoms with E-state index < -0.39 is 0 Å². The molecular formula is C16H26N2O2. The molecule has 20 heavy (non-hydrogen) atoms.